The quantitative estimate of drug-likeness (QED) is 0.0278. The lowest BCUT2D eigenvalue weighted by Gasteiger charge is -2.51. The van der Waals surface area contributed by atoms with Crippen molar-refractivity contribution in [2.75, 3.05) is 39.6 Å². The Morgan fingerprint density at radius 2 is 1.07 bits per heavy atom. The second-order valence-corrected chi connectivity index (χ2v) is 17.4. The van der Waals surface area contributed by atoms with Crippen molar-refractivity contribution in [1.29, 1.82) is 0 Å². The number of rotatable bonds is 29. The van der Waals surface area contributed by atoms with Crippen LogP contribution in [0.1, 0.15) is 137 Å². The van der Waals surface area contributed by atoms with Gasteiger partial charge in [0.05, 0.1) is 26.4 Å². The van der Waals surface area contributed by atoms with Crippen LogP contribution in [-0.4, -0.2) is 152 Å². The van der Waals surface area contributed by atoms with E-state index in [4.69, 9.17) is 47.8 Å². The minimum Gasteiger partial charge on any atom is -0.481 e. The van der Waals surface area contributed by atoms with Crippen LogP contribution in [0.25, 0.3) is 0 Å². The molecule has 3 heterocycles. The van der Waals surface area contributed by atoms with Crippen molar-refractivity contribution in [2.24, 2.45) is 0 Å². The Hall–Kier alpha value is -2.93. The van der Waals surface area contributed by atoms with Crippen LogP contribution < -0.4 is 10.6 Å². The van der Waals surface area contributed by atoms with E-state index < -0.39 is 104 Å². The molecule has 3 saturated heterocycles. The molecular formula is C47H80F6N2O14. The van der Waals surface area contributed by atoms with Crippen molar-refractivity contribution in [3.63, 3.8) is 0 Å². The predicted octanol–water partition coefficient (Wildman–Crippen LogP) is 7.57. The number of alkyl halides is 6. The summed E-state index contributed by atoms with van der Waals surface area (Å²) in [4.78, 5) is 32.3. The molecular weight excluding hydrogens is 931 g/mol. The van der Waals surface area contributed by atoms with Gasteiger partial charge in [-0.05, 0) is 26.7 Å². The Morgan fingerprint density at radius 1 is 0.681 bits per heavy atom. The number of carboxylic acid groups (broad SMARTS) is 1. The third-order valence-corrected chi connectivity index (χ3v) is 11.0. The number of amides is 2. The van der Waals surface area contributed by atoms with Gasteiger partial charge in [0.15, 0.2) is 18.4 Å². The summed E-state index contributed by atoms with van der Waals surface area (Å²) in [7, 11) is 0. The lowest BCUT2D eigenvalue weighted by Crippen LogP contribution is -2.69. The molecule has 404 valence electrons. The normalized spacial score (nSPS) is 26.5. The van der Waals surface area contributed by atoms with Crippen molar-refractivity contribution in [1.82, 2.24) is 10.6 Å². The Kier molecular flexibility index (Phi) is 32.0. The summed E-state index contributed by atoms with van der Waals surface area (Å²) in [5, 5.41) is 31.2. The van der Waals surface area contributed by atoms with E-state index in [1.54, 1.807) is 13.8 Å². The van der Waals surface area contributed by atoms with Crippen LogP contribution in [0, 0.1) is 0 Å². The molecule has 0 spiro atoms. The van der Waals surface area contributed by atoms with Gasteiger partial charge in [-0.3, -0.25) is 14.4 Å². The number of aliphatic carboxylic acids is 1. The summed E-state index contributed by atoms with van der Waals surface area (Å²) in [6.45, 7) is 15.9. The number of ether oxygens (including phenoxy) is 8. The Bertz CT molecular complexity index is 1440. The monoisotopic (exact) mass is 1010 g/mol. The molecule has 0 radical (unpaired) electrons. The molecule has 0 aromatic heterocycles. The smallest absolute Gasteiger partial charge is 0.471 e. The summed E-state index contributed by atoms with van der Waals surface area (Å²) in [6.07, 6.45) is 1.27. The fraction of sp³-hybridized carbons (Fsp3) is 0.851. The summed E-state index contributed by atoms with van der Waals surface area (Å²) < 4.78 is 123. The molecule has 0 bridgehead atoms. The number of carboxylic acids is 1. The minimum absolute atomic E-state index is 0.0262. The second-order valence-electron chi connectivity index (χ2n) is 17.4. The number of nitrogens with one attached hydrogen (secondary N) is 2. The van der Waals surface area contributed by atoms with Crippen molar-refractivity contribution in [3.05, 3.63) is 25.3 Å². The molecule has 69 heavy (non-hydrogen) atoms. The third kappa shape index (κ3) is 25.8. The van der Waals surface area contributed by atoms with Crippen molar-refractivity contribution >= 4 is 17.8 Å². The predicted molar refractivity (Wildman–Crippen MR) is 242 cm³/mol. The van der Waals surface area contributed by atoms with Gasteiger partial charge in [0.2, 0.25) is 0 Å². The van der Waals surface area contributed by atoms with Gasteiger partial charge in [-0.15, -0.1) is 13.2 Å². The van der Waals surface area contributed by atoms with E-state index in [1.807, 2.05) is 10.6 Å². The first-order valence-electron chi connectivity index (χ1n) is 24.1. The van der Waals surface area contributed by atoms with Gasteiger partial charge < -0.3 is 63.8 Å². The molecule has 10 atom stereocenters. The van der Waals surface area contributed by atoms with Crippen LogP contribution in [0.15, 0.2) is 25.3 Å². The number of carbonyl (C=O) groups is 3. The molecule has 22 heteroatoms. The van der Waals surface area contributed by atoms with Crippen LogP contribution in [0.3, 0.4) is 0 Å². The summed E-state index contributed by atoms with van der Waals surface area (Å²) in [6, 6.07) is -2.64. The molecule has 0 saturated carbocycles. The maximum absolute atomic E-state index is 13.1. The first-order chi connectivity index (χ1) is 32.6. The highest BCUT2D eigenvalue weighted by Crippen LogP contribution is 2.35. The zero-order chi connectivity index (χ0) is 52.0. The molecule has 0 unspecified atom stereocenters. The van der Waals surface area contributed by atoms with E-state index >= 15 is 0 Å². The lowest BCUT2D eigenvalue weighted by molar-refractivity contribution is -0.371. The van der Waals surface area contributed by atoms with E-state index in [0.717, 1.165) is 51.9 Å². The van der Waals surface area contributed by atoms with Gasteiger partial charge >= 0.3 is 24.2 Å². The van der Waals surface area contributed by atoms with E-state index in [9.17, 15) is 46.1 Å². The number of halogens is 6. The van der Waals surface area contributed by atoms with E-state index in [-0.39, 0.29) is 26.4 Å². The molecule has 0 aromatic rings. The highest BCUT2D eigenvalue weighted by atomic mass is 19.4. The number of carbonyl (C=O) groups excluding carboxylic acids is 2. The van der Waals surface area contributed by atoms with Crippen molar-refractivity contribution in [2.45, 2.75) is 217 Å². The number of hydrogen-bond donors (Lipinski definition) is 5. The van der Waals surface area contributed by atoms with E-state index in [2.05, 4.69) is 27.0 Å². The number of aliphatic hydroxyl groups is 2. The van der Waals surface area contributed by atoms with Gasteiger partial charge in [0.25, 0.3) is 5.97 Å². The molecule has 3 fully saturated rings. The SMILES string of the molecule is C=CCO[C@H]1O[C@@H]2COC(C)(C)O[C@H]2[C@H](OCCCCCCCCCC)[C@H]1NC(=O)C(F)(F)F.C=CCO[C@H]1O[C@H](CO)[C@@H](O)[C@H](OCCCCCCCCCC)[C@H]1NC(=O)C(F)(F)F.CC(=O)O. The van der Waals surface area contributed by atoms with Gasteiger partial charge in [-0.1, -0.05) is 116 Å². The first kappa shape index (κ1) is 64.1. The van der Waals surface area contributed by atoms with Crippen LogP contribution in [0.5, 0.6) is 0 Å². The maximum Gasteiger partial charge on any atom is 0.471 e. The molecule has 0 aliphatic carbocycles. The molecule has 3 aliphatic heterocycles. The number of aliphatic hydroxyl groups excluding tert-OH is 2. The number of unbranched alkanes of at least 4 members (excludes halogenated alkanes) is 14. The zero-order valence-corrected chi connectivity index (χ0v) is 41.0. The van der Waals surface area contributed by atoms with E-state index in [0.29, 0.717) is 13.0 Å². The van der Waals surface area contributed by atoms with Crippen molar-refractivity contribution < 1.29 is 93.9 Å². The Labute approximate surface area is 403 Å². The van der Waals surface area contributed by atoms with Gasteiger partial charge in [-0.25, -0.2) is 0 Å². The highest BCUT2D eigenvalue weighted by Gasteiger charge is 2.55. The van der Waals surface area contributed by atoms with Crippen LogP contribution in [0.2, 0.25) is 0 Å². The average Bonchev–Trinajstić information content (AvgIpc) is 3.27. The largest absolute Gasteiger partial charge is 0.481 e. The van der Waals surface area contributed by atoms with Crippen LogP contribution >= 0.6 is 0 Å². The molecule has 3 aliphatic rings. The molecule has 3 rings (SSSR count). The summed E-state index contributed by atoms with van der Waals surface area (Å²) in [5.41, 5.74) is 0. The molecule has 0 aromatic carbocycles. The topological polar surface area (TPSA) is 210 Å². The van der Waals surface area contributed by atoms with E-state index in [1.165, 1.54) is 63.5 Å². The Morgan fingerprint density at radius 3 is 1.48 bits per heavy atom. The zero-order valence-electron chi connectivity index (χ0n) is 41.0. The Balaban J connectivity index is 0.000000642. The average molecular weight is 1010 g/mol. The highest BCUT2D eigenvalue weighted by molar-refractivity contribution is 5.82. The molecule has 16 nitrogen and oxygen atoms in total. The lowest BCUT2D eigenvalue weighted by atomic mass is 9.94. The van der Waals surface area contributed by atoms with Crippen LogP contribution in [-0.2, 0) is 52.3 Å². The van der Waals surface area contributed by atoms with Gasteiger partial charge in [-0.2, -0.15) is 26.3 Å². The molecule has 2 amide bonds. The number of hydrogen-bond acceptors (Lipinski definition) is 13. The fourth-order valence-corrected chi connectivity index (χ4v) is 7.58. The third-order valence-electron chi connectivity index (χ3n) is 11.0. The van der Waals surface area contributed by atoms with Gasteiger partial charge in [0, 0.05) is 20.1 Å². The minimum atomic E-state index is -5.12. The number of fused-ring (bicyclic) bond motifs is 1. The summed E-state index contributed by atoms with van der Waals surface area (Å²) in [5.74, 6) is -6.08. The van der Waals surface area contributed by atoms with Gasteiger partial charge in [0.1, 0.15) is 48.7 Å². The standard InChI is InChI=1S/C24H40F3NO6.C21H36F3NO6.C2H4O2/c1-5-7-8-9-10-11-12-13-15-30-20-18(28-22(29)24(25,26)27)21(31-14-6-2)33-17-16-32-23(3,4)34-19(17)20;1-3-5-6-7-8-9-10-11-13-29-18-16(25-20(28)21(22,23)24)19(30-12-4-2)31-15(14-26)17(18)27;1-2(3)4/h6,17-21H,2,5,7-16H2,1,3-4H3,(H,28,29);4,15-19,26-27H,2-3,5-14H2,1H3,(H,25,28);1H3,(H,3,4)/t17-,18-,19-,20-,21+;15-,16-,17-,18-,19+;/m11./s1. The second kappa shape index (κ2) is 34.4. The summed E-state index contributed by atoms with van der Waals surface area (Å²) >= 11 is 0. The maximum atomic E-state index is 13.1. The van der Waals surface area contributed by atoms with Crippen LogP contribution in [0.4, 0.5) is 26.3 Å². The van der Waals surface area contributed by atoms with Crippen molar-refractivity contribution in [3.8, 4) is 0 Å². The molecule has 5 N–H and O–H groups in total. The fourth-order valence-electron chi connectivity index (χ4n) is 7.58. The first-order valence-corrected chi connectivity index (χ1v) is 24.1.